The molecular formula is C19H38O5. The summed E-state index contributed by atoms with van der Waals surface area (Å²) >= 11 is 0. The van der Waals surface area contributed by atoms with Gasteiger partial charge in [0.25, 0.3) is 0 Å². The van der Waals surface area contributed by atoms with Gasteiger partial charge in [0.2, 0.25) is 0 Å². The number of unbranched alkanes of at least 4 members (excludes halogenated alkanes) is 6. The van der Waals surface area contributed by atoms with Crippen molar-refractivity contribution in [2.24, 2.45) is 0 Å². The number of hydrogen-bond acceptors (Lipinski definition) is 5. The van der Waals surface area contributed by atoms with Gasteiger partial charge in [0.15, 0.2) is 0 Å². The summed E-state index contributed by atoms with van der Waals surface area (Å²) in [5.74, 6) is -0.116. The van der Waals surface area contributed by atoms with Crippen LogP contribution in [0.3, 0.4) is 0 Å². The molecule has 0 atom stereocenters. The highest BCUT2D eigenvalue weighted by atomic mass is 16.6. The van der Waals surface area contributed by atoms with E-state index in [0.29, 0.717) is 46.1 Å². The Morgan fingerprint density at radius 3 is 1.92 bits per heavy atom. The van der Waals surface area contributed by atoms with Crippen molar-refractivity contribution in [1.29, 1.82) is 0 Å². The Morgan fingerprint density at radius 1 is 0.750 bits per heavy atom. The minimum atomic E-state index is -0.116. The SMILES string of the molecule is CCCCCCCCCC(=O)OCCOCCOCCOC(C)C. The van der Waals surface area contributed by atoms with Gasteiger partial charge in [-0.1, -0.05) is 45.4 Å². The van der Waals surface area contributed by atoms with Crippen molar-refractivity contribution in [2.45, 2.75) is 78.2 Å². The van der Waals surface area contributed by atoms with E-state index in [9.17, 15) is 4.79 Å². The molecule has 0 aromatic rings. The molecule has 24 heavy (non-hydrogen) atoms. The number of esters is 1. The fraction of sp³-hybridized carbons (Fsp3) is 0.947. The highest BCUT2D eigenvalue weighted by molar-refractivity contribution is 5.69. The van der Waals surface area contributed by atoms with Crippen molar-refractivity contribution in [3.05, 3.63) is 0 Å². The molecule has 0 N–H and O–H groups in total. The van der Waals surface area contributed by atoms with E-state index < -0.39 is 0 Å². The van der Waals surface area contributed by atoms with E-state index in [4.69, 9.17) is 18.9 Å². The molecule has 5 nitrogen and oxygen atoms in total. The van der Waals surface area contributed by atoms with Crippen molar-refractivity contribution < 1.29 is 23.7 Å². The van der Waals surface area contributed by atoms with Crippen LogP contribution in [0.5, 0.6) is 0 Å². The summed E-state index contributed by atoms with van der Waals surface area (Å²) in [6.07, 6.45) is 9.21. The molecule has 0 bridgehead atoms. The second kappa shape index (κ2) is 18.7. The third kappa shape index (κ3) is 19.4. The lowest BCUT2D eigenvalue weighted by atomic mass is 10.1. The highest BCUT2D eigenvalue weighted by Gasteiger charge is 2.02. The van der Waals surface area contributed by atoms with Crippen LogP contribution in [0.15, 0.2) is 0 Å². The molecule has 0 aliphatic rings. The zero-order valence-corrected chi connectivity index (χ0v) is 16.0. The minimum Gasteiger partial charge on any atom is -0.463 e. The van der Waals surface area contributed by atoms with Crippen LogP contribution in [-0.4, -0.2) is 51.7 Å². The van der Waals surface area contributed by atoms with Crippen LogP contribution >= 0.6 is 0 Å². The van der Waals surface area contributed by atoms with E-state index in [1.165, 1.54) is 32.1 Å². The molecular weight excluding hydrogens is 308 g/mol. The van der Waals surface area contributed by atoms with Gasteiger partial charge in [0.05, 0.1) is 39.1 Å². The maximum Gasteiger partial charge on any atom is 0.305 e. The number of carbonyl (C=O) groups is 1. The fourth-order valence-electron chi connectivity index (χ4n) is 2.18. The Kier molecular flexibility index (Phi) is 18.2. The van der Waals surface area contributed by atoms with Crippen molar-refractivity contribution >= 4 is 5.97 Å². The molecule has 0 spiro atoms. The predicted molar refractivity (Wildman–Crippen MR) is 96.3 cm³/mol. The average molecular weight is 347 g/mol. The van der Waals surface area contributed by atoms with E-state index in [1.54, 1.807) is 0 Å². The van der Waals surface area contributed by atoms with Crippen LogP contribution < -0.4 is 0 Å². The van der Waals surface area contributed by atoms with Gasteiger partial charge in [-0.2, -0.15) is 0 Å². The molecule has 0 amide bonds. The second-order valence-electron chi connectivity index (χ2n) is 6.24. The van der Waals surface area contributed by atoms with Crippen LogP contribution in [-0.2, 0) is 23.7 Å². The summed E-state index contributed by atoms with van der Waals surface area (Å²) < 4.78 is 21.2. The molecule has 0 rings (SSSR count). The van der Waals surface area contributed by atoms with E-state index in [1.807, 2.05) is 13.8 Å². The van der Waals surface area contributed by atoms with Crippen LogP contribution in [0.2, 0.25) is 0 Å². The van der Waals surface area contributed by atoms with Gasteiger partial charge < -0.3 is 18.9 Å². The summed E-state index contributed by atoms with van der Waals surface area (Å²) in [6.45, 7) is 9.19. The number of carbonyl (C=O) groups excluding carboxylic acids is 1. The van der Waals surface area contributed by atoms with Crippen LogP contribution in [0.4, 0.5) is 0 Å². The Balaban J connectivity index is 3.15. The molecule has 5 heteroatoms. The second-order valence-corrected chi connectivity index (χ2v) is 6.24. The lowest BCUT2D eigenvalue weighted by molar-refractivity contribution is -0.145. The molecule has 0 aliphatic carbocycles. The minimum absolute atomic E-state index is 0.116. The van der Waals surface area contributed by atoms with Gasteiger partial charge >= 0.3 is 5.97 Å². The van der Waals surface area contributed by atoms with Crippen molar-refractivity contribution in [3.8, 4) is 0 Å². The standard InChI is InChI=1S/C19H38O5/c1-4-5-6-7-8-9-10-11-19(20)24-17-15-22-13-12-21-14-16-23-18(2)3/h18H,4-17H2,1-3H3. The van der Waals surface area contributed by atoms with Crippen molar-refractivity contribution in [3.63, 3.8) is 0 Å². The number of ether oxygens (including phenoxy) is 4. The third-order valence-corrected chi connectivity index (χ3v) is 3.53. The molecule has 0 aromatic heterocycles. The molecule has 144 valence electrons. The van der Waals surface area contributed by atoms with E-state index in [2.05, 4.69) is 6.92 Å². The average Bonchev–Trinajstić information content (AvgIpc) is 2.55. The fourth-order valence-corrected chi connectivity index (χ4v) is 2.18. The first-order chi connectivity index (χ1) is 11.7. The molecule has 0 unspecified atom stereocenters. The quantitative estimate of drug-likeness (QED) is 0.276. The van der Waals surface area contributed by atoms with Crippen molar-refractivity contribution in [2.75, 3.05) is 39.6 Å². The molecule has 0 radical (unpaired) electrons. The van der Waals surface area contributed by atoms with E-state index in [0.717, 1.165) is 12.8 Å². The Hall–Kier alpha value is -0.650. The monoisotopic (exact) mass is 346 g/mol. The lowest BCUT2D eigenvalue weighted by Gasteiger charge is -2.09. The number of hydrogen-bond donors (Lipinski definition) is 0. The number of rotatable bonds is 18. The molecule has 0 aliphatic heterocycles. The largest absolute Gasteiger partial charge is 0.463 e. The molecule has 0 heterocycles. The molecule has 0 fully saturated rings. The Labute approximate surface area is 148 Å². The summed E-state index contributed by atoms with van der Waals surface area (Å²) in [6, 6.07) is 0. The van der Waals surface area contributed by atoms with E-state index in [-0.39, 0.29) is 12.1 Å². The summed E-state index contributed by atoms with van der Waals surface area (Å²) in [7, 11) is 0. The van der Waals surface area contributed by atoms with Gasteiger partial charge in [0.1, 0.15) is 6.61 Å². The van der Waals surface area contributed by atoms with Gasteiger partial charge in [0, 0.05) is 6.42 Å². The highest BCUT2D eigenvalue weighted by Crippen LogP contribution is 2.08. The zero-order chi connectivity index (χ0) is 17.9. The Bertz CT molecular complexity index is 268. The Morgan fingerprint density at radius 2 is 1.29 bits per heavy atom. The zero-order valence-electron chi connectivity index (χ0n) is 16.0. The maximum atomic E-state index is 11.5. The van der Waals surface area contributed by atoms with Gasteiger partial charge in [-0.15, -0.1) is 0 Å². The van der Waals surface area contributed by atoms with Gasteiger partial charge in [-0.25, -0.2) is 0 Å². The first kappa shape index (κ1) is 23.4. The van der Waals surface area contributed by atoms with Gasteiger partial charge in [-0.05, 0) is 20.3 Å². The lowest BCUT2D eigenvalue weighted by Crippen LogP contribution is -2.14. The summed E-state index contributed by atoms with van der Waals surface area (Å²) in [5, 5.41) is 0. The van der Waals surface area contributed by atoms with Crippen LogP contribution in [0, 0.1) is 0 Å². The molecule has 0 saturated heterocycles. The van der Waals surface area contributed by atoms with Gasteiger partial charge in [-0.3, -0.25) is 4.79 Å². The van der Waals surface area contributed by atoms with E-state index >= 15 is 0 Å². The third-order valence-electron chi connectivity index (χ3n) is 3.53. The summed E-state index contributed by atoms with van der Waals surface area (Å²) in [5.41, 5.74) is 0. The maximum absolute atomic E-state index is 11.5. The van der Waals surface area contributed by atoms with Crippen molar-refractivity contribution in [1.82, 2.24) is 0 Å². The summed E-state index contributed by atoms with van der Waals surface area (Å²) in [4.78, 5) is 11.5. The predicted octanol–water partition coefficient (Wildman–Crippen LogP) is 4.13. The first-order valence-corrected chi connectivity index (χ1v) is 9.59. The smallest absolute Gasteiger partial charge is 0.305 e. The molecule has 0 aromatic carbocycles. The van der Waals surface area contributed by atoms with Crippen LogP contribution in [0.25, 0.3) is 0 Å². The first-order valence-electron chi connectivity index (χ1n) is 9.59. The topological polar surface area (TPSA) is 54.0 Å². The normalized spacial score (nSPS) is 11.2. The van der Waals surface area contributed by atoms with Crippen LogP contribution in [0.1, 0.15) is 72.1 Å². The molecule has 0 saturated carbocycles.